The first kappa shape index (κ1) is 17.7. The molecule has 0 amide bonds. The van der Waals surface area contributed by atoms with E-state index in [2.05, 4.69) is 47.2 Å². The summed E-state index contributed by atoms with van der Waals surface area (Å²) in [6, 6.07) is 12.7. The van der Waals surface area contributed by atoms with Crippen molar-refractivity contribution < 1.29 is 0 Å². The maximum atomic E-state index is 9.08. The van der Waals surface area contributed by atoms with Crippen LogP contribution in [0.4, 0.5) is 0 Å². The predicted molar refractivity (Wildman–Crippen MR) is 98.8 cm³/mol. The molecule has 1 fully saturated rings. The van der Waals surface area contributed by atoms with E-state index in [0.717, 1.165) is 25.2 Å². The second-order valence-corrected chi connectivity index (χ2v) is 7.22. The van der Waals surface area contributed by atoms with Gasteiger partial charge < -0.3 is 4.90 Å². The lowest BCUT2D eigenvalue weighted by molar-refractivity contribution is 0.0873. The third kappa shape index (κ3) is 4.09. The second kappa shape index (κ2) is 7.81. The zero-order chi connectivity index (χ0) is 17.8. The van der Waals surface area contributed by atoms with Crippen molar-refractivity contribution in [1.29, 1.82) is 5.26 Å². The molecule has 5 nitrogen and oxygen atoms in total. The molecular formula is C20H27N5. The highest BCUT2D eigenvalue weighted by molar-refractivity contribution is 5.32. The van der Waals surface area contributed by atoms with Crippen molar-refractivity contribution in [3.8, 4) is 6.07 Å². The van der Waals surface area contributed by atoms with Crippen LogP contribution in [0.25, 0.3) is 0 Å². The quantitative estimate of drug-likeness (QED) is 0.842. The maximum absolute atomic E-state index is 9.08. The molecule has 2 heterocycles. The Morgan fingerprint density at radius 1 is 1.32 bits per heavy atom. The van der Waals surface area contributed by atoms with E-state index in [4.69, 9.17) is 5.26 Å². The third-order valence-electron chi connectivity index (χ3n) is 5.22. The van der Waals surface area contributed by atoms with Crippen LogP contribution in [0.2, 0.25) is 0 Å². The van der Waals surface area contributed by atoms with Gasteiger partial charge >= 0.3 is 0 Å². The molecule has 1 aliphatic rings. The van der Waals surface area contributed by atoms with E-state index >= 15 is 0 Å². The summed E-state index contributed by atoms with van der Waals surface area (Å²) in [5.41, 5.74) is 3.23. The van der Waals surface area contributed by atoms with Crippen molar-refractivity contribution >= 4 is 0 Å². The second-order valence-electron chi connectivity index (χ2n) is 7.22. The molecule has 1 aromatic carbocycles. The van der Waals surface area contributed by atoms with E-state index in [9.17, 15) is 0 Å². The van der Waals surface area contributed by atoms with Gasteiger partial charge in [-0.25, -0.2) is 0 Å². The van der Waals surface area contributed by atoms with Gasteiger partial charge in [-0.1, -0.05) is 12.1 Å². The van der Waals surface area contributed by atoms with Crippen LogP contribution in [-0.2, 0) is 13.6 Å². The van der Waals surface area contributed by atoms with Crippen LogP contribution in [-0.4, -0.2) is 46.8 Å². The van der Waals surface area contributed by atoms with Gasteiger partial charge in [-0.15, -0.1) is 0 Å². The highest BCUT2D eigenvalue weighted by Gasteiger charge is 2.32. The SMILES string of the molecule is CN(Cc1cccc(C#N)c1)C[C@@H]1CCCN(C)[C@H]1c1ccnn1C. The van der Waals surface area contributed by atoms with Gasteiger partial charge in [0, 0.05) is 26.3 Å². The topological polar surface area (TPSA) is 48.1 Å². The first-order valence-corrected chi connectivity index (χ1v) is 8.94. The molecule has 1 aromatic heterocycles. The van der Waals surface area contributed by atoms with Gasteiger partial charge in [0.2, 0.25) is 0 Å². The number of rotatable bonds is 5. The lowest BCUT2D eigenvalue weighted by Gasteiger charge is -2.40. The van der Waals surface area contributed by atoms with Crippen molar-refractivity contribution in [3.63, 3.8) is 0 Å². The largest absolute Gasteiger partial charge is 0.302 e. The third-order valence-corrected chi connectivity index (χ3v) is 5.22. The molecule has 0 unspecified atom stereocenters. The molecule has 3 rings (SSSR count). The Morgan fingerprint density at radius 3 is 2.88 bits per heavy atom. The molecular weight excluding hydrogens is 310 g/mol. The monoisotopic (exact) mass is 337 g/mol. The van der Waals surface area contributed by atoms with Crippen LogP contribution < -0.4 is 0 Å². The highest BCUT2D eigenvalue weighted by atomic mass is 15.3. The fraction of sp³-hybridized carbons (Fsp3) is 0.500. The molecule has 25 heavy (non-hydrogen) atoms. The number of nitriles is 1. The van der Waals surface area contributed by atoms with E-state index in [-0.39, 0.29) is 0 Å². The molecule has 1 saturated heterocycles. The predicted octanol–water partition coefficient (Wildman–Crippen LogP) is 2.81. The van der Waals surface area contributed by atoms with Crippen molar-refractivity contribution in [2.24, 2.45) is 13.0 Å². The number of aromatic nitrogens is 2. The number of benzene rings is 1. The van der Waals surface area contributed by atoms with Crippen LogP contribution in [0, 0.1) is 17.2 Å². The smallest absolute Gasteiger partial charge is 0.0991 e. The first-order valence-electron chi connectivity index (χ1n) is 8.94. The van der Waals surface area contributed by atoms with Gasteiger partial charge in [0.15, 0.2) is 0 Å². The Balaban J connectivity index is 1.71. The number of nitrogens with zero attached hydrogens (tertiary/aromatic N) is 5. The van der Waals surface area contributed by atoms with Crippen LogP contribution >= 0.6 is 0 Å². The Kier molecular flexibility index (Phi) is 5.52. The summed E-state index contributed by atoms with van der Waals surface area (Å²) in [6.07, 6.45) is 4.38. The minimum atomic E-state index is 0.411. The van der Waals surface area contributed by atoms with Gasteiger partial charge in [0.05, 0.1) is 23.4 Å². The summed E-state index contributed by atoms with van der Waals surface area (Å²) in [7, 11) is 6.43. The molecule has 0 spiro atoms. The van der Waals surface area contributed by atoms with Gasteiger partial charge in [0.1, 0.15) is 0 Å². The first-order chi connectivity index (χ1) is 12.1. The average Bonchev–Trinajstić information content (AvgIpc) is 3.01. The summed E-state index contributed by atoms with van der Waals surface area (Å²) < 4.78 is 2.01. The van der Waals surface area contributed by atoms with Crippen LogP contribution in [0.1, 0.15) is 35.7 Å². The molecule has 0 aliphatic carbocycles. The summed E-state index contributed by atoms with van der Waals surface area (Å²) >= 11 is 0. The lowest BCUT2D eigenvalue weighted by atomic mass is 9.87. The lowest BCUT2D eigenvalue weighted by Crippen LogP contribution is -2.41. The average molecular weight is 337 g/mol. The van der Waals surface area contributed by atoms with Crippen LogP contribution in [0.3, 0.4) is 0 Å². The molecule has 1 aliphatic heterocycles. The van der Waals surface area contributed by atoms with Gasteiger partial charge in [-0.05, 0) is 63.2 Å². The molecule has 0 saturated carbocycles. The number of hydrogen-bond donors (Lipinski definition) is 0. The maximum Gasteiger partial charge on any atom is 0.0991 e. The Bertz CT molecular complexity index is 745. The number of likely N-dealkylation sites (tertiary alicyclic amines) is 1. The Morgan fingerprint density at radius 2 is 2.16 bits per heavy atom. The highest BCUT2D eigenvalue weighted by Crippen LogP contribution is 2.35. The minimum Gasteiger partial charge on any atom is -0.302 e. The zero-order valence-corrected chi connectivity index (χ0v) is 15.4. The van der Waals surface area contributed by atoms with E-state index in [0.29, 0.717) is 12.0 Å². The molecule has 2 aromatic rings. The summed E-state index contributed by atoms with van der Waals surface area (Å²) in [6.45, 7) is 3.05. The fourth-order valence-electron chi connectivity index (χ4n) is 4.11. The normalized spacial score (nSPS) is 21.4. The number of aryl methyl sites for hydroxylation is 1. The molecule has 2 atom stereocenters. The van der Waals surface area contributed by atoms with E-state index in [1.54, 1.807) is 0 Å². The molecule has 0 bridgehead atoms. The van der Waals surface area contributed by atoms with Gasteiger partial charge in [0.25, 0.3) is 0 Å². The summed E-state index contributed by atoms with van der Waals surface area (Å²) in [5, 5.41) is 13.4. The van der Waals surface area contributed by atoms with E-state index < -0.39 is 0 Å². The van der Waals surface area contributed by atoms with Crippen molar-refractivity contribution in [2.45, 2.75) is 25.4 Å². The zero-order valence-electron chi connectivity index (χ0n) is 15.4. The summed E-state index contributed by atoms with van der Waals surface area (Å²) in [4.78, 5) is 4.85. The van der Waals surface area contributed by atoms with Crippen LogP contribution in [0.15, 0.2) is 36.5 Å². The summed E-state index contributed by atoms with van der Waals surface area (Å²) in [5.74, 6) is 0.582. The Hall–Kier alpha value is -2.16. The van der Waals surface area contributed by atoms with E-state index in [1.807, 2.05) is 36.1 Å². The number of hydrogen-bond acceptors (Lipinski definition) is 4. The number of piperidine rings is 1. The van der Waals surface area contributed by atoms with Crippen molar-refractivity contribution in [3.05, 3.63) is 53.3 Å². The van der Waals surface area contributed by atoms with Gasteiger partial charge in [-0.2, -0.15) is 10.4 Å². The van der Waals surface area contributed by atoms with Crippen molar-refractivity contribution in [1.82, 2.24) is 19.6 Å². The Labute approximate surface area is 150 Å². The molecule has 0 N–H and O–H groups in total. The molecule has 5 heteroatoms. The fourth-order valence-corrected chi connectivity index (χ4v) is 4.11. The molecule has 0 radical (unpaired) electrons. The van der Waals surface area contributed by atoms with Crippen LogP contribution in [0.5, 0.6) is 0 Å². The van der Waals surface area contributed by atoms with Crippen molar-refractivity contribution in [2.75, 3.05) is 27.2 Å². The molecule has 132 valence electrons. The minimum absolute atomic E-state index is 0.411. The van der Waals surface area contributed by atoms with E-state index in [1.165, 1.54) is 24.1 Å². The standard InChI is InChI=1S/C20H27N5/c1-23(14-17-7-4-6-16(12-17)13-21)15-18-8-5-11-24(2)20(18)19-9-10-22-25(19)3/h4,6-7,9-10,12,18,20H,5,8,11,14-15H2,1-3H3/t18-,20+/m0/s1. The van der Waals surface area contributed by atoms with Gasteiger partial charge in [-0.3, -0.25) is 9.58 Å².